The molecule has 29 heavy (non-hydrogen) atoms. The zero-order valence-electron chi connectivity index (χ0n) is 18.9. The Morgan fingerprint density at radius 2 is 1.10 bits per heavy atom. The molecule has 5 nitrogen and oxygen atoms in total. The van der Waals surface area contributed by atoms with Crippen LogP contribution < -0.4 is 0 Å². The van der Waals surface area contributed by atoms with Crippen molar-refractivity contribution in [3.8, 4) is 0 Å². The summed E-state index contributed by atoms with van der Waals surface area (Å²) in [5.74, 6) is 0. The molecule has 174 valence electrons. The summed E-state index contributed by atoms with van der Waals surface area (Å²) in [5.41, 5.74) is 0. The summed E-state index contributed by atoms with van der Waals surface area (Å²) in [7, 11) is 0. The Morgan fingerprint density at radius 3 is 1.69 bits per heavy atom. The van der Waals surface area contributed by atoms with Crippen LogP contribution in [0, 0.1) is 0 Å². The van der Waals surface area contributed by atoms with Crippen LogP contribution >= 0.6 is 0 Å². The first-order chi connectivity index (χ1) is 14.2. The lowest BCUT2D eigenvalue weighted by Gasteiger charge is -2.13. The van der Waals surface area contributed by atoms with Gasteiger partial charge in [-0.2, -0.15) is 0 Å². The summed E-state index contributed by atoms with van der Waals surface area (Å²) < 4.78 is 10.5. The van der Waals surface area contributed by atoms with Gasteiger partial charge in [0.15, 0.2) is 0 Å². The van der Waals surface area contributed by atoms with Gasteiger partial charge in [0.2, 0.25) is 0 Å². The van der Waals surface area contributed by atoms with E-state index in [1.165, 1.54) is 83.5 Å². The number of aliphatic hydroxyl groups is 3. The molecule has 0 fully saturated rings. The van der Waals surface area contributed by atoms with E-state index < -0.39 is 12.2 Å². The second-order valence-electron chi connectivity index (χ2n) is 8.04. The number of ether oxygens (including phenoxy) is 2. The predicted octanol–water partition coefficient (Wildman–Crippen LogP) is 4.77. The van der Waals surface area contributed by atoms with E-state index in [1.54, 1.807) is 0 Å². The Morgan fingerprint density at radius 1 is 0.621 bits per heavy atom. The molecule has 0 amide bonds. The average molecular weight is 417 g/mol. The molecule has 0 bridgehead atoms. The highest BCUT2D eigenvalue weighted by Gasteiger charge is 2.07. The van der Waals surface area contributed by atoms with Crippen molar-refractivity contribution >= 4 is 0 Å². The minimum atomic E-state index is -0.885. The quantitative estimate of drug-likeness (QED) is 0.165. The molecule has 0 aromatic carbocycles. The first kappa shape index (κ1) is 28.5. The average Bonchev–Trinajstić information content (AvgIpc) is 2.72. The molecule has 0 spiro atoms. The molecule has 0 aliphatic heterocycles. The lowest BCUT2D eigenvalue weighted by atomic mass is 10.1. The maximum Gasteiger partial charge on any atom is 0.101 e. The van der Waals surface area contributed by atoms with Crippen molar-refractivity contribution in [2.45, 2.75) is 109 Å². The lowest BCUT2D eigenvalue weighted by Crippen LogP contribution is -2.26. The molecule has 0 heterocycles. The topological polar surface area (TPSA) is 79.2 Å². The Balaban J connectivity index is 3.19. The van der Waals surface area contributed by atoms with Gasteiger partial charge in [-0.25, -0.2) is 0 Å². The monoisotopic (exact) mass is 416 g/mol. The SMILES string of the molecule is CCCCCCCC/C=C\CCCCCCCCOCC(O)COCC(O)CO. The largest absolute Gasteiger partial charge is 0.394 e. The normalized spacial score (nSPS) is 13.9. The van der Waals surface area contributed by atoms with Crippen molar-refractivity contribution < 1.29 is 24.8 Å². The molecule has 0 saturated carbocycles. The number of hydrogen-bond acceptors (Lipinski definition) is 5. The van der Waals surface area contributed by atoms with Crippen molar-refractivity contribution in [2.24, 2.45) is 0 Å². The van der Waals surface area contributed by atoms with Crippen LogP contribution in [0.1, 0.15) is 96.8 Å². The summed E-state index contributed by atoms with van der Waals surface area (Å²) >= 11 is 0. The van der Waals surface area contributed by atoms with E-state index in [0.717, 1.165) is 6.42 Å². The van der Waals surface area contributed by atoms with Crippen molar-refractivity contribution in [3.63, 3.8) is 0 Å². The third-order valence-corrected chi connectivity index (χ3v) is 4.94. The molecular formula is C24H48O5. The van der Waals surface area contributed by atoms with Crippen molar-refractivity contribution in [1.82, 2.24) is 0 Å². The highest BCUT2D eigenvalue weighted by Crippen LogP contribution is 2.10. The molecule has 0 radical (unpaired) electrons. The van der Waals surface area contributed by atoms with Crippen LogP contribution in [-0.4, -0.2) is 60.6 Å². The molecule has 2 atom stereocenters. The predicted molar refractivity (Wildman–Crippen MR) is 120 cm³/mol. The lowest BCUT2D eigenvalue weighted by molar-refractivity contribution is -0.0481. The summed E-state index contributed by atoms with van der Waals surface area (Å²) in [4.78, 5) is 0. The maximum absolute atomic E-state index is 9.67. The van der Waals surface area contributed by atoms with Gasteiger partial charge in [-0.1, -0.05) is 76.9 Å². The molecule has 0 rings (SSSR count). The van der Waals surface area contributed by atoms with E-state index in [1.807, 2.05) is 0 Å². The third kappa shape index (κ3) is 23.7. The van der Waals surface area contributed by atoms with Crippen molar-refractivity contribution in [1.29, 1.82) is 0 Å². The van der Waals surface area contributed by atoms with E-state index in [-0.39, 0.29) is 26.4 Å². The van der Waals surface area contributed by atoms with E-state index in [4.69, 9.17) is 19.7 Å². The first-order valence-electron chi connectivity index (χ1n) is 12.0. The van der Waals surface area contributed by atoms with Crippen LogP contribution in [0.3, 0.4) is 0 Å². The van der Waals surface area contributed by atoms with E-state index in [0.29, 0.717) is 6.61 Å². The van der Waals surface area contributed by atoms with Gasteiger partial charge < -0.3 is 24.8 Å². The van der Waals surface area contributed by atoms with Crippen LogP contribution in [0.25, 0.3) is 0 Å². The van der Waals surface area contributed by atoms with Crippen LogP contribution in [-0.2, 0) is 9.47 Å². The van der Waals surface area contributed by atoms with Crippen LogP contribution in [0.4, 0.5) is 0 Å². The Kier molecular flexibility index (Phi) is 23.4. The molecule has 5 heteroatoms. The van der Waals surface area contributed by atoms with Gasteiger partial charge in [-0.05, 0) is 32.1 Å². The summed E-state index contributed by atoms with van der Waals surface area (Å²) in [6.45, 7) is 2.99. The summed E-state index contributed by atoms with van der Waals surface area (Å²) in [6.07, 6.45) is 21.2. The van der Waals surface area contributed by atoms with E-state index >= 15 is 0 Å². The minimum Gasteiger partial charge on any atom is -0.394 e. The van der Waals surface area contributed by atoms with Crippen molar-refractivity contribution in [2.75, 3.05) is 33.0 Å². The second-order valence-corrected chi connectivity index (χ2v) is 8.04. The molecule has 0 aliphatic carbocycles. The fourth-order valence-electron chi connectivity index (χ4n) is 3.11. The molecule has 2 unspecified atom stereocenters. The van der Waals surface area contributed by atoms with Gasteiger partial charge in [-0.3, -0.25) is 0 Å². The van der Waals surface area contributed by atoms with Gasteiger partial charge in [-0.15, -0.1) is 0 Å². The van der Waals surface area contributed by atoms with E-state index in [2.05, 4.69) is 19.1 Å². The van der Waals surface area contributed by atoms with Gasteiger partial charge in [0.05, 0.1) is 26.4 Å². The number of rotatable bonds is 23. The molecule has 0 aromatic heterocycles. The molecule has 0 saturated heterocycles. The van der Waals surface area contributed by atoms with Gasteiger partial charge in [0, 0.05) is 6.61 Å². The highest BCUT2D eigenvalue weighted by molar-refractivity contribution is 4.81. The number of allylic oxidation sites excluding steroid dienone is 2. The number of aliphatic hydroxyl groups excluding tert-OH is 3. The zero-order chi connectivity index (χ0) is 21.4. The van der Waals surface area contributed by atoms with Gasteiger partial charge >= 0.3 is 0 Å². The highest BCUT2D eigenvalue weighted by atomic mass is 16.5. The van der Waals surface area contributed by atoms with E-state index in [9.17, 15) is 5.11 Å². The van der Waals surface area contributed by atoms with Crippen LogP contribution in [0.5, 0.6) is 0 Å². The van der Waals surface area contributed by atoms with Gasteiger partial charge in [0.1, 0.15) is 12.2 Å². The summed E-state index contributed by atoms with van der Waals surface area (Å²) in [5, 5.41) is 27.4. The molecular weight excluding hydrogens is 368 g/mol. The Labute approximate surface area is 179 Å². The maximum atomic E-state index is 9.67. The number of hydrogen-bond donors (Lipinski definition) is 3. The minimum absolute atomic E-state index is 0.0302. The van der Waals surface area contributed by atoms with Gasteiger partial charge in [0.25, 0.3) is 0 Å². The number of unbranched alkanes of at least 4 members (excludes halogenated alkanes) is 12. The first-order valence-corrected chi connectivity index (χ1v) is 12.0. The zero-order valence-corrected chi connectivity index (χ0v) is 18.9. The molecule has 0 aromatic rings. The Bertz CT molecular complexity index is 335. The second kappa shape index (κ2) is 23.8. The fraction of sp³-hybridized carbons (Fsp3) is 0.917. The van der Waals surface area contributed by atoms with Crippen LogP contribution in [0.15, 0.2) is 12.2 Å². The fourth-order valence-corrected chi connectivity index (χ4v) is 3.11. The molecule has 0 aliphatic rings. The standard InChI is InChI=1S/C24H48O5/c1-2-3-4-5-6-7-8-9-10-11-12-13-14-15-16-17-18-28-21-24(27)22-29-20-23(26)19-25/h9-10,23-27H,2-8,11-22H2,1H3/b10-9-. The summed E-state index contributed by atoms with van der Waals surface area (Å²) in [6, 6.07) is 0. The van der Waals surface area contributed by atoms with Crippen molar-refractivity contribution in [3.05, 3.63) is 12.2 Å². The molecule has 3 N–H and O–H groups in total. The smallest absolute Gasteiger partial charge is 0.101 e. The van der Waals surface area contributed by atoms with Crippen LogP contribution in [0.2, 0.25) is 0 Å². The Hall–Kier alpha value is -0.460. The third-order valence-electron chi connectivity index (χ3n) is 4.94.